The lowest BCUT2D eigenvalue weighted by molar-refractivity contribution is -0.384. The second kappa shape index (κ2) is 7.93. The Morgan fingerprint density at radius 3 is 2.54 bits per heavy atom. The summed E-state index contributed by atoms with van der Waals surface area (Å²) in [6.45, 7) is 2.41. The summed E-state index contributed by atoms with van der Waals surface area (Å²) in [5.41, 5.74) is 0.0498. The van der Waals surface area contributed by atoms with Crippen LogP contribution >= 0.6 is 11.6 Å². The fourth-order valence-electron chi connectivity index (χ4n) is 2.32. The minimum Gasteiger partial charge on any atom is -0.358 e. The maximum absolute atomic E-state index is 12.2. The Labute approximate surface area is 143 Å². The number of hydrogen-bond donors (Lipinski definition) is 2. The number of carbonyl (C=O) groups excluding carboxylic acids is 2. The zero-order valence-electron chi connectivity index (χ0n) is 13.1. The van der Waals surface area contributed by atoms with E-state index in [-0.39, 0.29) is 22.6 Å². The number of piperazine rings is 1. The molecule has 2 rings (SSSR count). The average molecular weight is 356 g/mol. The van der Waals surface area contributed by atoms with Gasteiger partial charge in [0.05, 0.1) is 11.5 Å². The molecule has 0 bridgehead atoms. The number of rotatable bonds is 4. The molecule has 0 saturated carbocycles. The molecule has 1 saturated heterocycles. The molecule has 1 aromatic carbocycles. The SMILES string of the molecule is CNC(=O)CN1CCN(C(=O)Nc2ccc(Cl)c([N+](=O)[O-])c2)CC1. The van der Waals surface area contributed by atoms with Gasteiger partial charge in [0.1, 0.15) is 5.02 Å². The lowest BCUT2D eigenvalue weighted by Crippen LogP contribution is -2.51. The summed E-state index contributed by atoms with van der Waals surface area (Å²) >= 11 is 5.74. The molecule has 0 atom stereocenters. The number of anilines is 1. The van der Waals surface area contributed by atoms with Crippen molar-refractivity contribution in [1.29, 1.82) is 0 Å². The highest BCUT2D eigenvalue weighted by atomic mass is 35.5. The summed E-state index contributed by atoms with van der Waals surface area (Å²) in [6, 6.07) is 3.76. The number of nitro benzene ring substituents is 1. The first kappa shape index (κ1) is 18.0. The lowest BCUT2D eigenvalue weighted by atomic mass is 10.2. The molecule has 1 aliphatic rings. The van der Waals surface area contributed by atoms with Gasteiger partial charge in [0.25, 0.3) is 5.69 Å². The van der Waals surface area contributed by atoms with Crippen LogP contribution in [0.5, 0.6) is 0 Å². The molecule has 0 aliphatic carbocycles. The van der Waals surface area contributed by atoms with E-state index < -0.39 is 4.92 Å². The highest BCUT2D eigenvalue weighted by Crippen LogP contribution is 2.27. The largest absolute Gasteiger partial charge is 0.358 e. The molecule has 3 amide bonds. The van der Waals surface area contributed by atoms with Gasteiger partial charge in [0, 0.05) is 45.0 Å². The Bertz CT molecular complexity index is 646. The summed E-state index contributed by atoms with van der Waals surface area (Å²) in [5, 5.41) is 16.1. The van der Waals surface area contributed by atoms with Crippen molar-refractivity contribution in [3.63, 3.8) is 0 Å². The van der Waals surface area contributed by atoms with Crippen LogP contribution in [-0.4, -0.2) is 66.4 Å². The number of benzene rings is 1. The summed E-state index contributed by atoms with van der Waals surface area (Å²) < 4.78 is 0. The molecule has 130 valence electrons. The van der Waals surface area contributed by atoms with E-state index in [1.54, 1.807) is 11.9 Å². The maximum atomic E-state index is 12.2. The van der Waals surface area contributed by atoms with Gasteiger partial charge in [-0.05, 0) is 12.1 Å². The van der Waals surface area contributed by atoms with Crippen LogP contribution in [0, 0.1) is 10.1 Å². The molecule has 0 unspecified atom stereocenters. The standard InChI is InChI=1S/C14H18ClN5O4/c1-16-13(21)9-18-4-6-19(7-5-18)14(22)17-10-2-3-11(15)12(8-10)20(23)24/h2-3,8H,4-7,9H2,1H3,(H,16,21)(H,17,22). The first-order chi connectivity index (χ1) is 11.4. The minimum atomic E-state index is -0.602. The molecule has 10 heteroatoms. The summed E-state index contributed by atoms with van der Waals surface area (Å²) in [4.78, 5) is 37.4. The Hall–Kier alpha value is -2.39. The topological polar surface area (TPSA) is 108 Å². The number of hydrogen-bond acceptors (Lipinski definition) is 5. The number of halogens is 1. The van der Waals surface area contributed by atoms with E-state index in [1.165, 1.54) is 18.2 Å². The molecular weight excluding hydrogens is 338 g/mol. The van der Waals surface area contributed by atoms with E-state index in [9.17, 15) is 19.7 Å². The van der Waals surface area contributed by atoms with Gasteiger partial charge in [-0.2, -0.15) is 0 Å². The maximum Gasteiger partial charge on any atom is 0.321 e. The predicted octanol–water partition coefficient (Wildman–Crippen LogP) is 1.14. The number of amides is 3. The van der Waals surface area contributed by atoms with Crippen LogP contribution in [0.1, 0.15) is 0 Å². The molecule has 1 fully saturated rings. The molecule has 24 heavy (non-hydrogen) atoms. The van der Waals surface area contributed by atoms with Gasteiger partial charge >= 0.3 is 6.03 Å². The number of carbonyl (C=O) groups is 2. The predicted molar refractivity (Wildman–Crippen MR) is 89.2 cm³/mol. The zero-order valence-corrected chi connectivity index (χ0v) is 13.9. The second-order valence-electron chi connectivity index (χ2n) is 5.29. The van der Waals surface area contributed by atoms with Gasteiger partial charge < -0.3 is 15.5 Å². The van der Waals surface area contributed by atoms with Crippen LogP contribution in [0.3, 0.4) is 0 Å². The van der Waals surface area contributed by atoms with Gasteiger partial charge in [0.15, 0.2) is 0 Å². The number of likely N-dealkylation sites (N-methyl/N-ethyl adjacent to an activating group) is 1. The van der Waals surface area contributed by atoms with Crippen LogP contribution in [0.4, 0.5) is 16.2 Å². The number of nitrogens with one attached hydrogen (secondary N) is 2. The average Bonchev–Trinajstić information content (AvgIpc) is 2.56. The summed E-state index contributed by atoms with van der Waals surface area (Å²) in [6.07, 6.45) is 0. The van der Waals surface area contributed by atoms with Crippen molar-refractivity contribution in [3.05, 3.63) is 33.3 Å². The monoisotopic (exact) mass is 355 g/mol. The number of nitrogens with zero attached hydrogens (tertiary/aromatic N) is 3. The van der Waals surface area contributed by atoms with Crippen molar-refractivity contribution < 1.29 is 14.5 Å². The Balaban J connectivity index is 1.91. The van der Waals surface area contributed by atoms with Gasteiger partial charge in [0.2, 0.25) is 5.91 Å². The Morgan fingerprint density at radius 1 is 1.29 bits per heavy atom. The highest BCUT2D eigenvalue weighted by Gasteiger charge is 2.23. The molecule has 0 spiro atoms. The van der Waals surface area contributed by atoms with Crippen LogP contribution in [-0.2, 0) is 4.79 Å². The molecule has 9 nitrogen and oxygen atoms in total. The number of urea groups is 1. The third-order valence-corrected chi connectivity index (χ3v) is 4.02. The first-order valence-electron chi connectivity index (χ1n) is 7.33. The van der Waals surface area contributed by atoms with Crippen molar-refractivity contribution in [2.75, 3.05) is 45.1 Å². The molecule has 0 radical (unpaired) electrons. The van der Waals surface area contributed by atoms with E-state index in [2.05, 4.69) is 10.6 Å². The van der Waals surface area contributed by atoms with E-state index >= 15 is 0 Å². The zero-order chi connectivity index (χ0) is 17.7. The van der Waals surface area contributed by atoms with Crippen molar-refractivity contribution in [3.8, 4) is 0 Å². The van der Waals surface area contributed by atoms with Crippen molar-refractivity contribution >= 4 is 34.9 Å². The Morgan fingerprint density at radius 2 is 1.96 bits per heavy atom. The van der Waals surface area contributed by atoms with E-state index in [4.69, 9.17) is 11.6 Å². The third kappa shape index (κ3) is 4.56. The Kier molecular flexibility index (Phi) is 5.93. The molecular formula is C14H18ClN5O4. The first-order valence-corrected chi connectivity index (χ1v) is 7.71. The van der Waals surface area contributed by atoms with Crippen LogP contribution in [0.15, 0.2) is 18.2 Å². The van der Waals surface area contributed by atoms with E-state index in [1.807, 2.05) is 4.90 Å². The van der Waals surface area contributed by atoms with Gasteiger partial charge in [-0.1, -0.05) is 11.6 Å². The van der Waals surface area contributed by atoms with Crippen LogP contribution < -0.4 is 10.6 Å². The van der Waals surface area contributed by atoms with Crippen molar-refractivity contribution in [2.45, 2.75) is 0 Å². The fourth-order valence-corrected chi connectivity index (χ4v) is 2.51. The lowest BCUT2D eigenvalue weighted by Gasteiger charge is -2.34. The van der Waals surface area contributed by atoms with Crippen molar-refractivity contribution in [1.82, 2.24) is 15.1 Å². The summed E-state index contributed by atoms with van der Waals surface area (Å²) in [7, 11) is 1.58. The third-order valence-electron chi connectivity index (χ3n) is 3.70. The van der Waals surface area contributed by atoms with Crippen LogP contribution in [0.25, 0.3) is 0 Å². The normalized spacial score (nSPS) is 15.0. The highest BCUT2D eigenvalue weighted by molar-refractivity contribution is 6.32. The van der Waals surface area contributed by atoms with Gasteiger partial charge in [-0.3, -0.25) is 19.8 Å². The quantitative estimate of drug-likeness (QED) is 0.622. The molecule has 0 aromatic heterocycles. The van der Waals surface area contributed by atoms with Gasteiger partial charge in [-0.15, -0.1) is 0 Å². The molecule has 1 heterocycles. The second-order valence-corrected chi connectivity index (χ2v) is 5.70. The van der Waals surface area contributed by atoms with Crippen molar-refractivity contribution in [2.24, 2.45) is 0 Å². The molecule has 2 N–H and O–H groups in total. The van der Waals surface area contributed by atoms with Gasteiger partial charge in [-0.25, -0.2) is 4.79 Å². The van der Waals surface area contributed by atoms with Crippen LogP contribution in [0.2, 0.25) is 5.02 Å². The van der Waals surface area contributed by atoms with E-state index in [0.29, 0.717) is 38.4 Å². The number of nitro groups is 1. The summed E-state index contributed by atoms with van der Waals surface area (Å²) in [5.74, 6) is -0.0682. The smallest absolute Gasteiger partial charge is 0.321 e. The minimum absolute atomic E-state index is 0.0146. The molecule has 1 aromatic rings. The molecule has 1 aliphatic heterocycles. The van der Waals surface area contributed by atoms with E-state index in [0.717, 1.165) is 0 Å². The fraction of sp³-hybridized carbons (Fsp3) is 0.429.